The summed E-state index contributed by atoms with van der Waals surface area (Å²) < 4.78 is 5.59. The topological polar surface area (TPSA) is 55.2 Å². The highest BCUT2D eigenvalue weighted by Crippen LogP contribution is 2.30. The van der Waals surface area contributed by atoms with Gasteiger partial charge in [-0.2, -0.15) is 0 Å². The number of aryl methyl sites for hydroxylation is 1. The largest absolute Gasteiger partial charge is 0.389 e. The molecule has 0 bridgehead atoms. The molecule has 1 aromatic rings. The lowest BCUT2D eigenvalue weighted by Crippen LogP contribution is -2.30. The molecule has 0 radical (unpaired) electrons. The highest BCUT2D eigenvalue weighted by Gasteiger charge is 2.31. The summed E-state index contributed by atoms with van der Waals surface area (Å²) in [5, 5.41) is 9.56. The van der Waals surface area contributed by atoms with Crippen molar-refractivity contribution in [1.82, 2.24) is 9.97 Å². The van der Waals surface area contributed by atoms with Gasteiger partial charge < -0.3 is 9.84 Å². The third kappa shape index (κ3) is 2.64. The van der Waals surface area contributed by atoms with Crippen LogP contribution in [0.15, 0.2) is 6.20 Å². The fourth-order valence-corrected chi connectivity index (χ4v) is 2.05. The van der Waals surface area contributed by atoms with Crippen LogP contribution in [0.5, 0.6) is 0 Å². The van der Waals surface area contributed by atoms with Crippen LogP contribution in [-0.4, -0.2) is 22.2 Å². The van der Waals surface area contributed by atoms with Gasteiger partial charge in [0.25, 0.3) is 0 Å². The van der Waals surface area contributed by atoms with Crippen molar-refractivity contribution in [3.05, 3.63) is 23.3 Å². The average Bonchev–Trinajstić information content (AvgIpc) is 2.32. The van der Waals surface area contributed by atoms with E-state index in [4.69, 9.17) is 4.74 Å². The van der Waals surface area contributed by atoms with Crippen LogP contribution in [0.3, 0.4) is 0 Å². The van der Waals surface area contributed by atoms with Crippen molar-refractivity contribution in [3.8, 4) is 0 Å². The monoisotopic (exact) mass is 238 g/mol. The van der Waals surface area contributed by atoms with Gasteiger partial charge in [-0.1, -0.05) is 13.8 Å². The van der Waals surface area contributed by atoms with E-state index in [1.54, 1.807) is 20.2 Å². The van der Waals surface area contributed by atoms with Gasteiger partial charge in [0.05, 0.1) is 6.10 Å². The summed E-state index contributed by atoms with van der Waals surface area (Å²) in [5.41, 5.74) is 1.17. The molecule has 17 heavy (non-hydrogen) atoms. The first-order valence-electron chi connectivity index (χ1n) is 6.08. The molecule has 4 nitrogen and oxygen atoms in total. The van der Waals surface area contributed by atoms with Gasteiger partial charge in [-0.3, -0.25) is 0 Å². The Bertz CT molecular complexity index is 365. The molecule has 0 unspecified atom stereocenters. The summed E-state index contributed by atoms with van der Waals surface area (Å²) in [5.74, 6) is 0.701. The molecule has 4 heteroatoms. The van der Waals surface area contributed by atoms with E-state index in [9.17, 15) is 5.11 Å². The quantitative estimate of drug-likeness (QED) is 0.856. The molecule has 1 atom stereocenters. The zero-order valence-electron chi connectivity index (χ0n) is 11.3. The Labute approximate surface area is 103 Å². The van der Waals surface area contributed by atoms with Crippen LogP contribution in [0, 0.1) is 6.92 Å². The summed E-state index contributed by atoms with van der Waals surface area (Å²) in [7, 11) is 1.69. The van der Waals surface area contributed by atoms with E-state index in [-0.39, 0.29) is 0 Å². The summed E-state index contributed by atoms with van der Waals surface area (Å²) >= 11 is 0. The van der Waals surface area contributed by atoms with Crippen LogP contribution in [-0.2, 0) is 10.3 Å². The standard InChI is InChI=1S/C13H22N2O2/c1-6-13(7-2,17-5)12-14-8-11(10(4)16)9(3)15-12/h8,10,16H,6-7H2,1-5H3/t10-/m0/s1. The van der Waals surface area contributed by atoms with Gasteiger partial charge in [0.2, 0.25) is 0 Å². The molecule has 0 spiro atoms. The molecule has 1 rings (SSSR count). The number of hydrogen-bond donors (Lipinski definition) is 1. The fraction of sp³-hybridized carbons (Fsp3) is 0.692. The number of ether oxygens (including phenoxy) is 1. The highest BCUT2D eigenvalue weighted by molar-refractivity contribution is 5.20. The van der Waals surface area contributed by atoms with Gasteiger partial charge in [-0.15, -0.1) is 0 Å². The Morgan fingerprint density at radius 3 is 2.35 bits per heavy atom. The third-order valence-electron chi connectivity index (χ3n) is 3.41. The summed E-state index contributed by atoms with van der Waals surface area (Å²) in [6, 6.07) is 0. The van der Waals surface area contributed by atoms with Crippen LogP contribution in [0.2, 0.25) is 0 Å². The van der Waals surface area contributed by atoms with Gasteiger partial charge in [-0.25, -0.2) is 9.97 Å². The number of rotatable bonds is 5. The zero-order chi connectivity index (χ0) is 13.1. The molecular weight excluding hydrogens is 216 g/mol. The average molecular weight is 238 g/mol. The van der Waals surface area contributed by atoms with Crippen molar-refractivity contribution in [2.24, 2.45) is 0 Å². The van der Waals surface area contributed by atoms with E-state index < -0.39 is 11.7 Å². The number of nitrogens with zero attached hydrogens (tertiary/aromatic N) is 2. The second-order valence-electron chi connectivity index (χ2n) is 4.32. The van der Waals surface area contributed by atoms with E-state index in [0.29, 0.717) is 5.82 Å². The lowest BCUT2D eigenvalue weighted by molar-refractivity contribution is -0.0294. The highest BCUT2D eigenvalue weighted by atomic mass is 16.5. The second kappa shape index (κ2) is 5.56. The van der Waals surface area contributed by atoms with Crippen molar-refractivity contribution < 1.29 is 9.84 Å². The Kier molecular flexibility index (Phi) is 4.60. The summed E-state index contributed by atoms with van der Waals surface area (Å²) in [4.78, 5) is 8.83. The van der Waals surface area contributed by atoms with Crippen LogP contribution in [0.4, 0.5) is 0 Å². The lowest BCUT2D eigenvalue weighted by atomic mass is 9.95. The zero-order valence-corrected chi connectivity index (χ0v) is 11.3. The van der Waals surface area contributed by atoms with Crippen molar-refractivity contribution in [1.29, 1.82) is 0 Å². The van der Waals surface area contributed by atoms with Gasteiger partial charge in [0.1, 0.15) is 5.60 Å². The maximum absolute atomic E-state index is 9.56. The first-order valence-corrected chi connectivity index (χ1v) is 6.08. The van der Waals surface area contributed by atoms with Gasteiger partial charge in [0.15, 0.2) is 5.82 Å². The predicted molar refractivity (Wildman–Crippen MR) is 66.7 cm³/mol. The number of aliphatic hydroxyl groups excluding tert-OH is 1. The summed E-state index contributed by atoms with van der Waals surface area (Å²) in [6.45, 7) is 7.73. The molecule has 96 valence electrons. The maximum atomic E-state index is 9.56. The van der Waals surface area contributed by atoms with Crippen molar-refractivity contribution in [3.63, 3.8) is 0 Å². The number of aromatic nitrogens is 2. The van der Waals surface area contributed by atoms with Crippen molar-refractivity contribution in [2.75, 3.05) is 7.11 Å². The van der Waals surface area contributed by atoms with Crippen LogP contribution in [0.1, 0.15) is 56.8 Å². The molecule has 0 aromatic carbocycles. The minimum atomic E-state index is -0.538. The Balaban J connectivity index is 3.20. The van der Waals surface area contributed by atoms with E-state index in [0.717, 1.165) is 24.1 Å². The predicted octanol–water partition coefficient (Wildman–Crippen LogP) is 2.50. The van der Waals surface area contributed by atoms with Crippen molar-refractivity contribution in [2.45, 2.75) is 52.2 Å². The molecule has 1 aromatic heterocycles. The van der Waals surface area contributed by atoms with Crippen LogP contribution in [0.25, 0.3) is 0 Å². The third-order valence-corrected chi connectivity index (χ3v) is 3.41. The molecule has 0 aliphatic rings. The Hall–Kier alpha value is -1.00. The van der Waals surface area contributed by atoms with Gasteiger partial charge >= 0.3 is 0 Å². The SMILES string of the molecule is CCC(CC)(OC)c1ncc([C@H](C)O)c(C)n1. The minimum Gasteiger partial charge on any atom is -0.389 e. The number of methoxy groups -OCH3 is 1. The molecular formula is C13H22N2O2. The molecule has 0 aliphatic carbocycles. The normalized spacial score (nSPS) is 13.8. The molecule has 0 fully saturated rings. The molecule has 0 saturated heterocycles. The lowest BCUT2D eigenvalue weighted by Gasteiger charge is -2.28. The minimum absolute atomic E-state index is 0.415. The smallest absolute Gasteiger partial charge is 0.160 e. The molecule has 1 N–H and O–H groups in total. The molecule has 0 amide bonds. The summed E-state index contributed by atoms with van der Waals surface area (Å²) in [6.07, 6.45) is 2.81. The van der Waals surface area contributed by atoms with Crippen LogP contribution >= 0.6 is 0 Å². The Morgan fingerprint density at radius 2 is 2.00 bits per heavy atom. The Morgan fingerprint density at radius 1 is 1.41 bits per heavy atom. The number of aliphatic hydroxyl groups is 1. The van der Waals surface area contributed by atoms with E-state index >= 15 is 0 Å². The van der Waals surface area contributed by atoms with Crippen LogP contribution < -0.4 is 0 Å². The fourth-order valence-electron chi connectivity index (χ4n) is 2.05. The van der Waals surface area contributed by atoms with E-state index in [1.807, 2.05) is 6.92 Å². The van der Waals surface area contributed by atoms with E-state index in [2.05, 4.69) is 23.8 Å². The van der Waals surface area contributed by atoms with Gasteiger partial charge in [-0.05, 0) is 26.7 Å². The van der Waals surface area contributed by atoms with Crippen molar-refractivity contribution >= 4 is 0 Å². The van der Waals surface area contributed by atoms with E-state index in [1.165, 1.54) is 0 Å². The maximum Gasteiger partial charge on any atom is 0.160 e. The first-order chi connectivity index (χ1) is 8.00. The molecule has 1 heterocycles. The number of hydrogen-bond acceptors (Lipinski definition) is 4. The first kappa shape index (κ1) is 14.1. The molecule has 0 saturated carbocycles. The second-order valence-corrected chi connectivity index (χ2v) is 4.32. The molecule has 0 aliphatic heterocycles. The van der Waals surface area contributed by atoms with Gasteiger partial charge in [0, 0.05) is 24.6 Å².